The molecule has 0 aromatic carbocycles. The van der Waals surface area contributed by atoms with E-state index in [2.05, 4.69) is 32.6 Å². The largest absolute Gasteiger partial charge is 0.481 e. The van der Waals surface area contributed by atoms with Crippen molar-refractivity contribution in [2.24, 2.45) is 5.92 Å². The van der Waals surface area contributed by atoms with Gasteiger partial charge in [-0.25, -0.2) is 0 Å². The van der Waals surface area contributed by atoms with Gasteiger partial charge in [0.05, 0.1) is 19.4 Å². The van der Waals surface area contributed by atoms with E-state index in [9.17, 15) is 9.59 Å². The van der Waals surface area contributed by atoms with Gasteiger partial charge in [-0.15, -0.1) is 0 Å². The fourth-order valence-corrected chi connectivity index (χ4v) is 2.91. The molecule has 1 atom stereocenters. The van der Waals surface area contributed by atoms with E-state index < -0.39 is 17.9 Å². The van der Waals surface area contributed by atoms with E-state index in [1.54, 1.807) is 0 Å². The molecule has 0 radical (unpaired) electrons. The number of aliphatic carboxylic acids is 1. The number of carboxylic acid groups (broad SMARTS) is 1. The summed E-state index contributed by atoms with van der Waals surface area (Å²) in [4.78, 5) is 25.2. The molecule has 114 valence electrons. The third-order valence-corrected chi connectivity index (χ3v) is 4.26. The average Bonchev–Trinajstić information content (AvgIpc) is 2.31. The zero-order chi connectivity index (χ0) is 15.7. The topological polar surface area (TPSA) is 66.8 Å². The summed E-state index contributed by atoms with van der Waals surface area (Å²) in [6.07, 6.45) is 2.43. The standard InChI is InChI=1S/C15H25NO4/c1-14(2)8-10(9-15(3,4)16(14)5)11(7-12(17)18)13(19)20-6/h8,11H,7,9H2,1-6H3,(H,17,18). The summed E-state index contributed by atoms with van der Waals surface area (Å²) in [6, 6.07) is 0. The van der Waals surface area contributed by atoms with Crippen molar-refractivity contribution in [2.75, 3.05) is 14.2 Å². The molecular weight excluding hydrogens is 258 g/mol. The Labute approximate surface area is 120 Å². The van der Waals surface area contributed by atoms with E-state index in [1.165, 1.54) is 7.11 Å². The van der Waals surface area contributed by atoms with Crippen molar-refractivity contribution >= 4 is 11.9 Å². The summed E-state index contributed by atoms with van der Waals surface area (Å²) >= 11 is 0. The van der Waals surface area contributed by atoms with Gasteiger partial charge >= 0.3 is 11.9 Å². The number of carbonyl (C=O) groups is 2. The first-order valence-corrected chi connectivity index (χ1v) is 6.76. The van der Waals surface area contributed by atoms with Crippen LogP contribution in [0.3, 0.4) is 0 Å². The van der Waals surface area contributed by atoms with Gasteiger partial charge in [-0.05, 0) is 41.2 Å². The van der Waals surface area contributed by atoms with Gasteiger partial charge in [0.25, 0.3) is 0 Å². The van der Waals surface area contributed by atoms with Gasteiger partial charge in [0.15, 0.2) is 0 Å². The lowest BCUT2D eigenvalue weighted by Crippen LogP contribution is -2.55. The normalized spacial score (nSPS) is 22.8. The minimum atomic E-state index is -0.990. The Balaban J connectivity index is 3.19. The highest BCUT2D eigenvalue weighted by atomic mass is 16.5. The highest BCUT2D eigenvalue weighted by Crippen LogP contribution is 2.39. The molecule has 0 aliphatic carbocycles. The van der Waals surface area contributed by atoms with Crippen molar-refractivity contribution in [3.05, 3.63) is 11.6 Å². The van der Waals surface area contributed by atoms with Crippen molar-refractivity contribution < 1.29 is 19.4 Å². The van der Waals surface area contributed by atoms with Crippen LogP contribution in [0.25, 0.3) is 0 Å². The molecule has 20 heavy (non-hydrogen) atoms. The van der Waals surface area contributed by atoms with E-state index in [-0.39, 0.29) is 17.5 Å². The van der Waals surface area contributed by atoms with E-state index in [1.807, 2.05) is 13.1 Å². The van der Waals surface area contributed by atoms with Crippen LogP contribution in [-0.4, -0.2) is 47.2 Å². The van der Waals surface area contributed by atoms with Crippen LogP contribution in [0.5, 0.6) is 0 Å². The molecule has 1 heterocycles. The number of carboxylic acids is 1. The molecule has 0 amide bonds. The number of hydrogen-bond donors (Lipinski definition) is 1. The van der Waals surface area contributed by atoms with Crippen LogP contribution in [0.1, 0.15) is 40.5 Å². The minimum absolute atomic E-state index is 0.141. The highest BCUT2D eigenvalue weighted by Gasteiger charge is 2.42. The SMILES string of the molecule is COC(=O)C(CC(=O)O)C1=CC(C)(C)N(C)C(C)(C)C1. The van der Waals surface area contributed by atoms with Crippen molar-refractivity contribution in [1.82, 2.24) is 4.90 Å². The quantitative estimate of drug-likeness (QED) is 0.632. The predicted molar refractivity (Wildman–Crippen MR) is 76.4 cm³/mol. The third kappa shape index (κ3) is 3.39. The number of hydrogen-bond acceptors (Lipinski definition) is 4. The molecule has 0 saturated carbocycles. The summed E-state index contributed by atoms with van der Waals surface area (Å²) in [7, 11) is 3.33. The van der Waals surface area contributed by atoms with Gasteiger partial charge in [-0.2, -0.15) is 0 Å². The molecule has 0 spiro atoms. The second-order valence-electron chi connectivity index (χ2n) is 6.59. The molecule has 5 heteroatoms. The van der Waals surface area contributed by atoms with Crippen molar-refractivity contribution in [2.45, 2.75) is 51.6 Å². The Kier molecular flexibility index (Phi) is 4.64. The molecule has 1 unspecified atom stereocenters. The number of esters is 1. The lowest BCUT2D eigenvalue weighted by molar-refractivity contribution is -0.149. The molecule has 0 aromatic rings. The fourth-order valence-electron chi connectivity index (χ4n) is 2.91. The van der Waals surface area contributed by atoms with Gasteiger partial charge in [0, 0.05) is 11.1 Å². The summed E-state index contributed by atoms with van der Waals surface area (Å²) in [6.45, 7) is 8.31. The lowest BCUT2D eigenvalue weighted by atomic mass is 9.76. The van der Waals surface area contributed by atoms with Crippen LogP contribution in [0, 0.1) is 5.92 Å². The summed E-state index contributed by atoms with van der Waals surface area (Å²) in [5, 5.41) is 9.03. The molecule has 0 saturated heterocycles. The van der Waals surface area contributed by atoms with Crippen LogP contribution in [-0.2, 0) is 14.3 Å². The molecular formula is C15H25NO4. The predicted octanol–water partition coefficient (Wildman–Crippen LogP) is 2.07. The molecule has 1 aliphatic heterocycles. The maximum absolute atomic E-state index is 11.9. The van der Waals surface area contributed by atoms with Crippen LogP contribution >= 0.6 is 0 Å². The first-order valence-electron chi connectivity index (χ1n) is 6.76. The molecule has 0 aromatic heterocycles. The fraction of sp³-hybridized carbons (Fsp3) is 0.733. The van der Waals surface area contributed by atoms with Crippen molar-refractivity contribution in [3.63, 3.8) is 0 Å². The zero-order valence-corrected chi connectivity index (χ0v) is 13.2. The first-order chi connectivity index (χ1) is 9.01. The second-order valence-corrected chi connectivity index (χ2v) is 6.59. The second kappa shape index (κ2) is 5.56. The summed E-state index contributed by atoms with van der Waals surface area (Å²) in [5.41, 5.74) is 0.479. The Morgan fingerprint density at radius 2 is 1.95 bits per heavy atom. The Morgan fingerprint density at radius 3 is 2.35 bits per heavy atom. The van der Waals surface area contributed by atoms with Crippen LogP contribution < -0.4 is 0 Å². The summed E-state index contributed by atoms with van der Waals surface area (Å²) < 4.78 is 4.77. The van der Waals surface area contributed by atoms with Gasteiger partial charge in [0.1, 0.15) is 0 Å². The average molecular weight is 283 g/mol. The molecule has 1 aliphatic rings. The minimum Gasteiger partial charge on any atom is -0.481 e. The Morgan fingerprint density at radius 1 is 1.40 bits per heavy atom. The number of methoxy groups -OCH3 is 1. The van der Waals surface area contributed by atoms with Crippen molar-refractivity contribution in [3.8, 4) is 0 Å². The maximum Gasteiger partial charge on any atom is 0.313 e. The van der Waals surface area contributed by atoms with Gasteiger partial charge in [0.2, 0.25) is 0 Å². The molecule has 5 nitrogen and oxygen atoms in total. The molecule has 0 bridgehead atoms. The van der Waals surface area contributed by atoms with E-state index in [4.69, 9.17) is 9.84 Å². The van der Waals surface area contributed by atoms with E-state index in [0.717, 1.165) is 5.57 Å². The number of rotatable bonds is 4. The van der Waals surface area contributed by atoms with Gasteiger partial charge in [-0.3, -0.25) is 14.5 Å². The van der Waals surface area contributed by atoms with Crippen LogP contribution in [0.2, 0.25) is 0 Å². The molecule has 0 fully saturated rings. The van der Waals surface area contributed by atoms with Crippen molar-refractivity contribution in [1.29, 1.82) is 0 Å². The Bertz CT molecular complexity index is 437. The number of likely N-dealkylation sites (N-methyl/N-ethyl adjacent to an activating group) is 1. The highest BCUT2D eigenvalue weighted by molar-refractivity contribution is 5.81. The maximum atomic E-state index is 11.9. The van der Waals surface area contributed by atoms with Gasteiger partial charge < -0.3 is 9.84 Å². The number of nitrogens with zero attached hydrogens (tertiary/aromatic N) is 1. The smallest absolute Gasteiger partial charge is 0.313 e. The molecule has 1 N–H and O–H groups in total. The van der Waals surface area contributed by atoms with E-state index in [0.29, 0.717) is 6.42 Å². The van der Waals surface area contributed by atoms with Crippen LogP contribution in [0.4, 0.5) is 0 Å². The van der Waals surface area contributed by atoms with Gasteiger partial charge in [-0.1, -0.05) is 11.6 Å². The number of carbonyl (C=O) groups excluding carboxylic acids is 1. The lowest BCUT2D eigenvalue weighted by Gasteiger charge is -2.50. The summed E-state index contributed by atoms with van der Waals surface area (Å²) in [5.74, 6) is -2.17. The Hall–Kier alpha value is -1.36. The van der Waals surface area contributed by atoms with E-state index >= 15 is 0 Å². The molecule has 1 rings (SSSR count). The zero-order valence-electron chi connectivity index (χ0n) is 13.2. The first kappa shape index (κ1) is 16.7. The van der Waals surface area contributed by atoms with Crippen LogP contribution in [0.15, 0.2) is 11.6 Å². The third-order valence-electron chi connectivity index (χ3n) is 4.26. The monoisotopic (exact) mass is 283 g/mol. The number of ether oxygens (including phenoxy) is 1.